The molecule has 0 aliphatic heterocycles. The van der Waals surface area contributed by atoms with Crippen molar-refractivity contribution in [1.29, 1.82) is 0 Å². The van der Waals surface area contributed by atoms with Crippen molar-refractivity contribution in [2.45, 2.75) is 19.9 Å². The summed E-state index contributed by atoms with van der Waals surface area (Å²) in [6.07, 6.45) is -0.180. The van der Waals surface area contributed by atoms with E-state index in [1.54, 1.807) is 6.92 Å². The molecule has 72 valence electrons. The number of Topliss-reactive ketones (excluding diaryl/α,β-unsaturated/α-hetero) is 1. The highest BCUT2D eigenvalue weighted by Crippen LogP contribution is 2.00. The van der Waals surface area contributed by atoms with Gasteiger partial charge in [-0.1, -0.05) is 0 Å². The Bertz CT molecular complexity index is 258. The number of rotatable bonds is 4. The van der Waals surface area contributed by atoms with Gasteiger partial charge < -0.3 is 16.0 Å². The molecule has 0 heterocycles. The minimum absolute atomic E-state index is 0.324. The molecule has 1 unspecified atom stereocenters. The van der Waals surface area contributed by atoms with Crippen molar-refractivity contribution < 1.29 is 19.5 Å². The first kappa shape index (κ1) is 11.3. The van der Waals surface area contributed by atoms with Crippen molar-refractivity contribution in [1.82, 2.24) is 5.32 Å². The largest absolute Gasteiger partial charge is 0.465 e. The van der Waals surface area contributed by atoms with Gasteiger partial charge in [0.2, 0.25) is 0 Å². The standard InChI is InChI=1S/C7H11N3O3/c1-4(3-9-8)6(5(2)11)10-7(12)13/h3-4,6,10H,1-2H3,(H,12,13)/t4-,6?/m1/s1. The van der Waals surface area contributed by atoms with Gasteiger partial charge in [0.15, 0.2) is 5.78 Å². The van der Waals surface area contributed by atoms with Gasteiger partial charge in [-0.25, -0.2) is 4.79 Å². The maximum atomic E-state index is 10.9. The Balaban J connectivity index is 4.49. The fourth-order valence-electron chi connectivity index (χ4n) is 0.928. The number of hydrogen-bond acceptors (Lipinski definition) is 2. The Morgan fingerprint density at radius 3 is 2.46 bits per heavy atom. The normalized spacial score (nSPS) is 13.7. The average Bonchev–Trinajstić information content (AvgIpc) is 1.99. The summed E-state index contributed by atoms with van der Waals surface area (Å²) in [4.78, 5) is 23.9. The third-order valence-electron chi connectivity index (χ3n) is 1.54. The van der Waals surface area contributed by atoms with Crippen LogP contribution in [0.4, 0.5) is 4.79 Å². The number of amides is 1. The molecule has 0 aliphatic rings. The summed E-state index contributed by atoms with van der Waals surface area (Å²) in [5.41, 5.74) is 8.18. The second-order valence-electron chi connectivity index (χ2n) is 2.66. The van der Waals surface area contributed by atoms with Crippen molar-refractivity contribution in [3.63, 3.8) is 0 Å². The van der Waals surface area contributed by atoms with Crippen molar-refractivity contribution in [2.75, 3.05) is 0 Å². The SMILES string of the molecule is CC(=O)C(NC(=O)O)[C@H](C)C=[N+]=[N-]. The molecule has 0 rings (SSSR count). The smallest absolute Gasteiger partial charge is 0.405 e. The van der Waals surface area contributed by atoms with Crippen LogP contribution in [0.5, 0.6) is 0 Å². The van der Waals surface area contributed by atoms with E-state index in [2.05, 4.69) is 4.79 Å². The summed E-state index contributed by atoms with van der Waals surface area (Å²) in [6, 6.07) is -0.867. The molecule has 13 heavy (non-hydrogen) atoms. The van der Waals surface area contributed by atoms with E-state index in [9.17, 15) is 9.59 Å². The van der Waals surface area contributed by atoms with Crippen LogP contribution in [0.2, 0.25) is 0 Å². The number of nitrogens with zero attached hydrogens (tertiary/aromatic N) is 2. The fraction of sp³-hybridized carbons (Fsp3) is 0.571. The Kier molecular flexibility index (Phi) is 4.40. The van der Waals surface area contributed by atoms with Gasteiger partial charge in [-0.3, -0.25) is 4.79 Å². The zero-order valence-corrected chi connectivity index (χ0v) is 7.39. The number of carbonyl (C=O) groups excluding carboxylic acids is 1. The minimum Gasteiger partial charge on any atom is -0.465 e. The monoisotopic (exact) mass is 185 g/mol. The van der Waals surface area contributed by atoms with E-state index in [4.69, 9.17) is 10.6 Å². The topological polar surface area (TPSA) is 103 Å². The first-order valence-electron chi connectivity index (χ1n) is 3.66. The predicted molar refractivity (Wildman–Crippen MR) is 44.5 cm³/mol. The van der Waals surface area contributed by atoms with Crippen LogP contribution in [0.25, 0.3) is 5.53 Å². The molecule has 6 heteroatoms. The van der Waals surface area contributed by atoms with Crippen molar-refractivity contribution in [2.24, 2.45) is 5.92 Å². The van der Waals surface area contributed by atoms with Gasteiger partial charge in [0.25, 0.3) is 6.21 Å². The summed E-state index contributed by atoms with van der Waals surface area (Å²) in [6.45, 7) is 2.84. The summed E-state index contributed by atoms with van der Waals surface area (Å²) in [5.74, 6) is -0.798. The highest BCUT2D eigenvalue weighted by Gasteiger charge is 2.24. The van der Waals surface area contributed by atoms with Crippen LogP contribution in [-0.2, 0) is 4.79 Å². The molecule has 0 fully saturated rings. The number of carboxylic acid groups (broad SMARTS) is 1. The van der Waals surface area contributed by atoms with Crippen LogP contribution in [0, 0.1) is 5.92 Å². The number of nitrogens with one attached hydrogen (secondary N) is 1. The number of hydrogen-bond donors (Lipinski definition) is 2. The van der Waals surface area contributed by atoms with Gasteiger partial charge in [0.1, 0.15) is 6.04 Å². The van der Waals surface area contributed by atoms with E-state index in [-0.39, 0.29) is 5.78 Å². The molecule has 1 amide bonds. The van der Waals surface area contributed by atoms with E-state index < -0.39 is 18.1 Å². The van der Waals surface area contributed by atoms with Crippen LogP contribution in [-0.4, -0.2) is 34.0 Å². The first-order valence-corrected chi connectivity index (χ1v) is 3.66. The lowest BCUT2D eigenvalue weighted by atomic mass is 10.0. The third kappa shape index (κ3) is 4.03. The molecule has 0 aliphatic carbocycles. The van der Waals surface area contributed by atoms with Gasteiger partial charge in [-0.05, 0) is 13.8 Å². The quantitative estimate of drug-likeness (QED) is 0.370. The lowest BCUT2D eigenvalue weighted by Crippen LogP contribution is -2.44. The second kappa shape index (κ2) is 5.05. The van der Waals surface area contributed by atoms with Crippen LogP contribution in [0.3, 0.4) is 0 Å². The molecule has 6 nitrogen and oxygen atoms in total. The molecular weight excluding hydrogens is 174 g/mol. The van der Waals surface area contributed by atoms with Crippen molar-refractivity contribution in [3.8, 4) is 0 Å². The second-order valence-corrected chi connectivity index (χ2v) is 2.66. The summed E-state index contributed by atoms with van der Waals surface area (Å²) >= 11 is 0. The van der Waals surface area contributed by atoms with Gasteiger partial charge in [0.05, 0.1) is 5.92 Å². The Morgan fingerprint density at radius 2 is 2.15 bits per heavy atom. The van der Waals surface area contributed by atoms with Crippen LogP contribution < -0.4 is 5.32 Å². The molecule has 0 aromatic heterocycles. The van der Waals surface area contributed by atoms with Crippen LogP contribution in [0.15, 0.2) is 0 Å². The van der Waals surface area contributed by atoms with E-state index in [0.717, 1.165) is 6.21 Å². The molecule has 0 saturated carbocycles. The molecule has 0 aromatic carbocycles. The molecular formula is C7H11N3O3. The molecule has 2 atom stereocenters. The molecule has 0 aromatic rings. The van der Waals surface area contributed by atoms with Crippen molar-refractivity contribution >= 4 is 18.1 Å². The van der Waals surface area contributed by atoms with Gasteiger partial charge >= 0.3 is 6.09 Å². The highest BCUT2D eigenvalue weighted by atomic mass is 16.4. The maximum absolute atomic E-state index is 10.9. The summed E-state index contributed by atoms with van der Waals surface area (Å²) in [5, 5.41) is 10.4. The Morgan fingerprint density at radius 1 is 1.62 bits per heavy atom. The van der Waals surface area contributed by atoms with E-state index >= 15 is 0 Å². The zero-order chi connectivity index (χ0) is 10.4. The lowest BCUT2D eigenvalue weighted by molar-refractivity contribution is -0.119. The zero-order valence-electron chi connectivity index (χ0n) is 7.39. The van der Waals surface area contributed by atoms with Gasteiger partial charge in [-0.15, -0.1) is 0 Å². The van der Waals surface area contributed by atoms with Crippen LogP contribution in [0.1, 0.15) is 13.8 Å². The third-order valence-corrected chi connectivity index (χ3v) is 1.54. The van der Waals surface area contributed by atoms with E-state index in [1.807, 2.05) is 5.32 Å². The minimum atomic E-state index is -1.28. The maximum Gasteiger partial charge on any atom is 0.405 e. The molecule has 0 saturated heterocycles. The summed E-state index contributed by atoms with van der Waals surface area (Å²) in [7, 11) is 0. The lowest BCUT2D eigenvalue weighted by Gasteiger charge is -2.14. The fourth-order valence-corrected chi connectivity index (χ4v) is 0.928. The van der Waals surface area contributed by atoms with E-state index in [0.29, 0.717) is 0 Å². The molecule has 0 bridgehead atoms. The predicted octanol–water partition coefficient (Wildman–Crippen LogP) is 0.148. The number of carbonyl (C=O) groups is 2. The Labute approximate surface area is 75.2 Å². The number of ketones is 1. The van der Waals surface area contributed by atoms with Gasteiger partial charge in [0, 0.05) is 0 Å². The highest BCUT2D eigenvalue weighted by molar-refractivity contribution is 5.87. The molecule has 2 N–H and O–H groups in total. The first-order chi connectivity index (χ1) is 5.99. The average molecular weight is 185 g/mol. The molecule has 0 radical (unpaired) electrons. The molecule has 0 spiro atoms. The van der Waals surface area contributed by atoms with E-state index in [1.165, 1.54) is 6.92 Å². The van der Waals surface area contributed by atoms with Crippen molar-refractivity contribution in [3.05, 3.63) is 5.53 Å². The van der Waals surface area contributed by atoms with Crippen LogP contribution >= 0.6 is 0 Å². The Hall–Kier alpha value is -1.68. The van der Waals surface area contributed by atoms with Gasteiger partial charge in [-0.2, -0.15) is 4.79 Å². The summed E-state index contributed by atoms with van der Waals surface area (Å²) < 4.78 is 0.